The second kappa shape index (κ2) is 6.76. The molecular formula is C15H24N2O. The van der Waals surface area contributed by atoms with Crippen LogP contribution in [0.3, 0.4) is 0 Å². The molecule has 0 radical (unpaired) electrons. The number of nitrogens with one attached hydrogen (secondary N) is 1. The zero-order valence-corrected chi connectivity index (χ0v) is 11.2. The van der Waals surface area contributed by atoms with Crippen molar-refractivity contribution < 1.29 is 5.11 Å². The molecule has 0 atom stereocenters. The number of nitrogens with zero attached hydrogens (tertiary/aromatic N) is 1. The average Bonchev–Trinajstić information content (AvgIpc) is 2.42. The Morgan fingerprint density at radius 1 is 1.28 bits per heavy atom. The van der Waals surface area contributed by atoms with Gasteiger partial charge in [-0.2, -0.15) is 0 Å². The molecule has 1 aliphatic rings. The first-order valence-electron chi connectivity index (χ1n) is 6.99. The number of benzene rings is 1. The molecule has 0 spiro atoms. The smallest absolute Gasteiger partial charge is 0.120 e. The third-order valence-corrected chi connectivity index (χ3v) is 3.89. The number of para-hydroxylation sites is 1. The molecule has 1 aromatic carbocycles. The molecule has 1 saturated heterocycles. The van der Waals surface area contributed by atoms with Crippen molar-refractivity contribution in [2.45, 2.75) is 26.3 Å². The Morgan fingerprint density at radius 2 is 2.00 bits per heavy atom. The fourth-order valence-corrected chi connectivity index (χ4v) is 2.58. The van der Waals surface area contributed by atoms with E-state index in [2.05, 4.69) is 17.1 Å². The molecule has 0 saturated carbocycles. The molecule has 2 N–H and O–H groups in total. The van der Waals surface area contributed by atoms with E-state index < -0.39 is 0 Å². The Balaban J connectivity index is 1.69. The summed E-state index contributed by atoms with van der Waals surface area (Å²) in [6.45, 7) is 7.71. The van der Waals surface area contributed by atoms with Crippen LogP contribution in [0.2, 0.25) is 0 Å². The van der Waals surface area contributed by atoms with E-state index in [4.69, 9.17) is 0 Å². The molecule has 0 amide bonds. The van der Waals surface area contributed by atoms with Gasteiger partial charge in [-0.15, -0.1) is 0 Å². The minimum absolute atomic E-state index is 0.394. The van der Waals surface area contributed by atoms with Crippen LogP contribution in [0.5, 0.6) is 5.75 Å². The standard InChI is InChI=1S/C15H24N2O/c1-2-17-9-7-13(8-10-17)11-16-12-14-5-3-4-6-15(14)18/h3-6,13,16,18H,2,7-12H2,1H3. The van der Waals surface area contributed by atoms with Crippen molar-refractivity contribution in [3.63, 3.8) is 0 Å². The molecule has 3 heteroatoms. The first-order valence-corrected chi connectivity index (χ1v) is 6.99. The van der Waals surface area contributed by atoms with E-state index in [1.54, 1.807) is 6.07 Å². The summed E-state index contributed by atoms with van der Waals surface area (Å²) in [6.07, 6.45) is 2.59. The van der Waals surface area contributed by atoms with E-state index in [0.29, 0.717) is 5.75 Å². The van der Waals surface area contributed by atoms with Crippen LogP contribution in [-0.4, -0.2) is 36.2 Å². The maximum Gasteiger partial charge on any atom is 0.120 e. The summed E-state index contributed by atoms with van der Waals surface area (Å²) >= 11 is 0. The highest BCUT2D eigenvalue weighted by atomic mass is 16.3. The molecule has 1 aromatic rings. The van der Waals surface area contributed by atoms with Crippen molar-refractivity contribution in [3.8, 4) is 5.75 Å². The number of phenols is 1. The molecule has 1 aliphatic heterocycles. The van der Waals surface area contributed by atoms with E-state index in [9.17, 15) is 5.11 Å². The van der Waals surface area contributed by atoms with E-state index in [1.165, 1.54) is 32.5 Å². The van der Waals surface area contributed by atoms with Gasteiger partial charge in [-0.3, -0.25) is 0 Å². The van der Waals surface area contributed by atoms with Crippen LogP contribution in [0.1, 0.15) is 25.3 Å². The molecule has 0 aromatic heterocycles. The number of piperidine rings is 1. The van der Waals surface area contributed by atoms with Gasteiger partial charge >= 0.3 is 0 Å². The number of aromatic hydroxyl groups is 1. The molecule has 0 bridgehead atoms. The van der Waals surface area contributed by atoms with Crippen molar-refractivity contribution >= 4 is 0 Å². The average molecular weight is 248 g/mol. The molecule has 18 heavy (non-hydrogen) atoms. The van der Waals surface area contributed by atoms with Gasteiger partial charge in [0, 0.05) is 12.1 Å². The zero-order chi connectivity index (χ0) is 12.8. The Morgan fingerprint density at radius 3 is 2.67 bits per heavy atom. The predicted octanol–water partition coefficient (Wildman–Crippen LogP) is 2.21. The lowest BCUT2D eigenvalue weighted by molar-refractivity contribution is 0.190. The lowest BCUT2D eigenvalue weighted by Gasteiger charge is -2.31. The minimum atomic E-state index is 0.394. The van der Waals surface area contributed by atoms with Crippen molar-refractivity contribution in [2.24, 2.45) is 5.92 Å². The molecule has 0 unspecified atom stereocenters. The quantitative estimate of drug-likeness (QED) is 0.838. The van der Waals surface area contributed by atoms with Crippen molar-refractivity contribution in [1.82, 2.24) is 10.2 Å². The minimum Gasteiger partial charge on any atom is -0.508 e. The summed E-state index contributed by atoms with van der Waals surface area (Å²) in [6, 6.07) is 7.55. The zero-order valence-electron chi connectivity index (χ0n) is 11.2. The SMILES string of the molecule is CCN1CCC(CNCc2ccccc2O)CC1. The first kappa shape index (κ1) is 13.4. The third kappa shape index (κ3) is 3.72. The van der Waals surface area contributed by atoms with Crippen LogP contribution in [-0.2, 0) is 6.54 Å². The van der Waals surface area contributed by atoms with E-state index in [1.807, 2.05) is 18.2 Å². The van der Waals surface area contributed by atoms with Crippen LogP contribution in [0.15, 0.2) is 24.3 Å². The number of phenolic OH excluding ortho intramolecular Hbond substituents is 1. The first-order chi connectivity index (χ1) is 8.79. The van der Waals surface area contributed by atoms with Gasteiger partial charge in [0.15, 0.2) is 0 Å². The van der Waals surface area contributed by atoms with E-state index in [0.717, 1.165) is 24.6 Å². The number of hydrogen-bond acceptors (Lipinski definition) is 3. The summed E-state index contributed by atoms with van der Waals surface area (Å²) in [5.74, 6) is 1.18. The highest BCUT2D eigenvalue weighted by Gasteiger charge is 2.17. The Kier molecular flexibility index (Phi) is 5.02. The monoisotopic (exact) mass is 248 g/mol. The Hall–Kier alpha value is -1.06. The molecular weight excluding hydrogens is 224 g/mol. The maximum absolute atomic E-state index is 9.67. The largest absolute Gasteiger partial charge is 0.508 e. The second-order valence-corrected chi connectivity index (χ2v) is 5.14. The van der Waals surface area contributed by atoms with Crippen LogP contribution >= 0.6 is 0 Å². The normalized spacial score (nSPS) is 18.1. The fraction of sp³-hybridized carbons (Fsp3) is 0.600. The second-order valence-electron chi connectivity index (χ2n) is 5.14. The highest BCUT2D eigenvalue weighted by molar-refractivity contribution is 5.31. The lowest BCUT2D eigenvalue weighted by Crippen LogP contribution is -2.36. The molecule has 100 valence electrons. The third-order valence-electron chi connectivity index (χ3n) is 3.89. The van der Waals surface area contributed by atoms with Gasteiger partial charge in [-0.05, 0) is 51.0 Å². The summed E-state index contributed by atoms with van der Waals surface area (Å²) in [7, 11) is 0. The summed E-state index contributed by atoms with van der Waals surface area (Å²) in [5.41, 5.74) is 0.989. The lowest BCUT2D eigenvalue weighted by atomic mass is 9.97. The summed E-state index contributed by atoms with van der Waals surface area (Å²) in [4.78, 5) is 2.51. The highest BCUT2D eigenvalue weighted by Crippen LogP contribution is 2.17. The van der Waals surface area contributed by atoms with Crippen LogP contribution < -0.4 is 5.32 Å². The number of rotatable bonds is 5. The molecule has 3 nitrogen and oxygen atoms in total. The van der Waals surface area contributed by atoms with Crippen molar-refractivity contribution in [2.75, 3.05) is 26.2 Å². The van der Waals surface area contributed by atoms with Gasteiger partial charge in [0.1, 0.15) is 5.75 Å². The van der Waals surface area contributed by atoms with E-state index >= 15 is 0 Å². The Bertz CT molecular complexity index is 359. The molecule has 1 heterocycles. The van der Waals surface area contributed by atoms with Gasteiger partial charge in [0.25, 0.3) is 0 Å². The number of hydrogen-bond donors (Lipinski definition) is 2. The Labute approximate surface area is 110 Å². The van der Waals surface area contributed by atoms with Crippen LogP contribution in [0.25, 0.3) is 0 Å². The van der Waals surface area contributed by atoms with Crippen molar-refractivity contribution in [1.29, 1.82) is 0 Å². The topological polar surface area (TPSA) is 35.5 Å². The van der Waals surface area contributed by atoms with Gasteiger partial charge in [0.2, 0.25) is 0 Å². The summed E-state index contributed by atoms with van der Waals surface area (Å²) < 4.78 is 0. The maximum atomic E-state index is 9.67. The molecule has 2 rings (SSSR count). The van der Waals surface area contributed by atoms with Crippen LogP contribution in [0.4, 0.5) is 0 Å². The fourth-order valence-electron chi connectivity index (χ4n) is 2.58. The number of likely N-dealkylation sites (tertiary alicyclic amines) is 1. The summed E-state index contributed by atoms with van der Waals surface area (Å²) in [5, 5.41) is 13.1. The van der Waals surface area contributed by atoms with Gasteiger partial charge in [-0.25, -0.2) is 0 Å². The van der Waals surface area contributed by atoms with E-state index in [-0.39, 0.29) is 0 Å². The van der Waals surface area contributed by atoms with Gasteiger partial charge in [0.05, 0.1) is 0 Å². The molecule has 0 aliphatic carbocycles. The molecule has 1 fully saturated rings. The van der Waals surface area contributed by atoms with Gasteiger partial charge in [-0.1, -0.05) is 25.1 Å². The van der Waals surface area contributed by atoms with Crippen molar-refractivity contribution in [3.05, 3.63) is 29.8 Å². The van der Waals surface area contributed by atoms with Gasteiger partial charge < -0.3 is 15.3 Å². The predicted molar refractivity (Wildman–Crippen MR) is 74.7 cm³/mol. The van der Waals surface area contributed by atoms with Crippen LogP contribution in [0, 0.1) is 5.92 Å².